The first-order valence-electron chi connectivity index (χ1n) is 6.18. The van der Waals surface area contributed by atoms with Gasteiger partial charge in [0.2, 0.25) is 0 Å². The Kier molecular flexibility index (Phi) is 5.31. The van der Waals surface area contributed by atoms with Gasteiger partial charge in [-0.3, -0.25) is 0 Å². The van der Waals surface area contributed by atoms with Gasteiger partial charge in [-0.1, -0.05) is 0 Å². The zero-order valence-electron chi connectivity index (χ0n) is 11.3. The average molecular weight is 274 g/mol. The molecule has 1 fully saturated rings. The van der Waals surface area contributed by atoms with Gasteiger partial charge in [0.1, 0.15) is 5.54 Å². The van der Waals surface area contributed by atoms with Crippen LogP contribution in [0.4, 0.5) is 4.79 Å². The second-order valence-corrected chi connectivity index (χ2v) is 5.87. The van der Waals surface area contributed by atoms with Crippen molar-refractivity contribution in [3.63, 3.8) is 0 Å². The highest BCUT2D eigenvalue weighted by atomic mass is 32.2. The molecule has 0 bridgehead atoms. The van der Waals surface area contributed by atoms with E-state index in [2.05, 4.69) is 0 Å². The third-order valence-electron chi connectivity index (χ3n) is 3.54. The molecule has 2 amide bonds. The van der Waals surface area contributed by atoms with E-state index in [4.69, 9.17) is 0 Å². The van der Waals surface area contributed by atoms with E-state index in [-0.39, 0.29) is 6.03 Å². The number of thioether (sulfide) groups is 1. The number of hydrogen-bond donors (Lipinski definition) is 1. The van der Waals surface area contributed by atoms with Crippen LogP contribution in [-0.4, -0.2) is 64.6 Å². The molecule has 1 rings (SSSR count). The van der Waals surface area contributed by atoms with Crippen LogP contribution in [0.1, 0.15) is 26.2 Å². The van der Waals surface area contributed by atoms with Crippen LogP contribution in [0.2, 0.25) is 0 Å². The molecule has 104 valence electrons. The lowest BCUT2D eigenvalue weighted by Gasteiger charge is -2.43. The van der Waals surface area contributed by atoms with Gasteiger partial charge in [0.15, 0.2) is 0 Å². The van der Waals surface area contributed by atoms with Crippen molar-refractivity contribution >= 4 is 23.8 Å². The van der Waals surface area contributed by atoms with Gasteiger partial charge in [-0.05, 0) is 32.4 Å². The van der Waals surface area contributed by atoms with Crippen LogP contribution in [-0.2, 0) is 4.79 Å². The van der Waals surface area contributed by atoms with Crippen molar-refractivity contribution in [3.8, 4) is 0 Å². The van der Waals surface area contributed by atoms with E-state index in [9.17, 15) is 14.7 Å². The third kappa shape index (κ3) is 3.10. The Morgan fingerprint density at radius 2 is 2.11 bits per heavy atom. The molecular formula is C12H22N2O3S. The van der Waals surface area contributed by atoms with Gasteiger partial charge >= 0.3 is 12.0 Å². The standard InChI is InChI=1S/C12H22N2O3S/c1-12(10(15)16)6-4-5-7-14(12)11(17)13(2)8-9-18-3/h4-9H2,1-3H3,(H,15,16). The number of aliphatic carboxylic acids is 1. The highest BCUT2D eigenvalue weighted by Gasteiger charge is 2.44. The van der Waals surface area contributed by atoms with Crippen LogP contribution in [0.5, 0.6) is 0 Å². The summed E-state index contributed by atoms with van der Waals surface area (Å²) in [6.45, 7) is 2.83. The summed E-state index contributed by atoms with van der Waals surface area (Å²) in [5.41, 5.74) is -1.05. The van der Waals surface area contributed by atoms with E-state index in [0.29, 0.717) is 19.5 Å². The van der Waals surface area contributed by atoms with Crippen LogP contribution < -0.4 is 0 Å². The summed E-state index contributed by atoms with van der Waals surface area (Å²) in [6, 6.07) is -0.173. The molecule has 1 heterocycles. The number of carboxylic acid groups (broad SMARTS) is 1. The number of rotatable bonds is 4. The smallest absolute Gasteiger partial charge is 0.329 e. The minimum absolute atomic E-state index is 0.173. The van der Waals surface area contributed by atoms with Gasteiger partial charge in [0.05, 0.1) is 0 Å². The number of nitrogens with zero attached hydrogens (tertiary/aromatic N) is 2. The Balaban J connectivity index is 2.77. The minimum Gasteiger partial charge on any atom is -0.480 e. The fourth-order valence-electron chi connectivity index (χ4n) is 2.18. The fraction of sp³-hybridized carbons (Fsp3) is 0.833. The number of likely N-dealkylation sites (tertiary alicyclic amines) is 1. The first-order valence-corrected chi connectivity index (χ1v) is 7.58. The Morgan fingerprint density at radius 3 is 2.67 bits per heavy atom. The first-order chi connectivity index (χ1) is 8.43. The van der Waals surface area contributed by atoms with Crippen LogP contribution in [0.15, 0.2) is 0 Å². The van der Waals surface area contributed by atoms with Gasteiger partial charge in [-0.2, -0.15) is 11.8 Å². The lowest BCUT2D eigenvalue weighted by molar-refractivity contribution is -0.150. The molecule has 0 aromatic heterocycles. The Bertz CT molecular complexity index is 324. The molecule has 1 saturated heterocycles. The molecule has 0 aromatic rings. The minimum atomic E-state index is -1.05. The third-order valence-corrected chi connectivity index (χ3v) is 4.13. The predicted molar refractivity (Wildman–Crippen MR) is 73.0 cm³/mol. The summed E-state index contributed by atoms with van der Waals surface area (Å²) >= 11 is 1.67. The molecule has 1 aliphatic rings. The summed E-state index contributed by atoms with van der Waals surface area (Å²) in [5.74, 6) is -0.0475. The zero-order valence-corrected chi connectivity index (χ0v) is 12.1. The maximum atomic E-state index is 12.3. The normalized spacial score (nSPS) is 23.8. The number of carbonyl (C=O) groups is 2. The van der Waals surface area contributed by atoms with Crippen molar-refractivity contribution in [1.29, 1.82) is 0 Å². The van der Waals surface area contributed by atoms with E-state index < -0.39 is 11.5 Å². The molecule has 0 spiro atoms. The summed E-state index contributed by atoms with van der Waals surface area (Å²) in [6.07, 6.45) is 4.26. The lowest BCUT2D eigenvalue weighted by atomic mass is 9.89. The Morgan fingerprint density at radius 1 is 1.44 bits per heavy atom. The summed E-state index contributed by atoms with van der Waals surface area (Å²) in [4.78, 5) is 26.8. The van der Waals surface area contributed by atoms with E-state index in [1.54, 1.807) is 30.6 Å². The molecule has 0 aliphatic carbocycles. The van der Waals surface area contributed by atoms with Crippen molar-refractivity contribution in [3.05, 3.63) is 0 Å². The second-order valence-electron chi connectivity index (χ2n) is 4.88. The van der Waals surface area contributed by atoms with Gasteiger partial charge in [0, 0.05) is 25.9 Å². The SMILES string of the molecule is CSCCN(C)C(=O)N1CCCCC1(C)C(=O)O. The number of piperidine rings is 1. The quantitative estimate of drug-likeness (QED) is 0.848. The van der Waals surface area contributed by atoms with Gasteiger partial charge in [0.25, 0.3) is 0 Å². The molecule has 6 heteroatoms. The highest BCUT2D eigenvalue weighted by Crippen LogP contribution is 2.29. The summed E-state index contributed by atoms with van der Waals surface area (Å²) in [7, 11) is 1.73. The largest absolute Gasteiger partial charge is 0.480 e. The van der Waals surface area contributed by atoms with Crippen LogP contribution in [0.3, 0.4) is 0 Å². The van der Waals surface area contributed by atoms with Crippen LogP contribution in [0, 0.1) is 0 Å². The van der Waals surface area contributed by atoms with Crippen molar-refractivity contribution < 1.29 is 14.7 Å². The number of urea groups is 1. The number of hydrogen-bond acceptors (Lipinski definition) is 3. The molecule has 1 N–H and O–H groups in total. The Hall–Kier alpha value is -0.910. The summed E-state index contributed by atoms with van der Waals surface area (Å²) < 4.78 is 0. The van der Waals surface area contributed by atoms with E-state index in [1.165, 1.54) is 4.90 Å². The fourth-order valence-corrected chi connectivity index (χ4v) is 2.64. The topological polar surface area (TPSA) is 60.9 Å². The van der Waals surface area contributed by atoms with Gasteiger partial charge < -0.3 is 14.9 Å². The van der Waals surface area contributed by atoms with Crippen molar-refractivity contribution in [2.75, 3.05) is 32.1 Å². The summed E-state index contributed by atoms with van der Waals surface area (Å²) in [5, 5.41) is 9.36. The lowest BCUT2D eigenvalue weighted by Crippen LogP contribution is -2.60. The first kappa shape index (κ1) is 15.1. The number of amides is 2. The van der Waals surface area contributed by atoms with Crippen LogP contribution >= 0.6 is 11.8 Å². The number of carbonyl (C=O) groups excluding carboxylic acids is 1. The van der Waals surface area contributed by atoms with Crippen molar-refractivity contribution in [1.82, 2.24) is 9.80 Å². The molecule has 0 saturated carbocycles. The van der Waals surface area contributed by atoms with Gasteiger partial charge in [-0.25, -0.2) is 9.59 Å². The predicted octanol–water partition coefficient (Wildman–Crippen LogP) is 1.73. The molecule has 1 unspecified atom stereocenters. The van der Waals surface area contributed by atoms with Crippen LogP contribution in [0.25, 0.3) is 0 Å². The van der Waals surface area contributed by atoms with E-state index >= 15 is 0 Å². The molecule has 0 radical (unpaired) electrons. The van der Waals surface area contributed by atoms with Crippen molar-refractivity contribution in [2.45, 2.75) is 31.7 Å². The highest BCUT2D eigenvalue weighted by molar-refractivity contribution is 7.98. The Labute approximate surface area is 113 Å². The maximum absolute atomic E-state index is 12.3. The molecule has 0 aromatic carbocycles. The molecular weight excluding hydrogens is 252 g/mol. The molecule has 1 aliphatic heterocycles. The van der Waals surface area contributed by atoms with E-state index in [1.807, 2.05) is 6.26 Å². The molecule has 1 atom stereocenters. The van der Waals surface area contributed by atoms with Gasteiger partial charge in [-0.15, -0.1) is 0 Å². The monoisotopic (exact) mass is 274 g/mol. The zero-order chi connectivity index (χ0) is 13.8. The maximum Gasteiger partial charge on any atom is 0.329 e. The molecule has 18 heavy (non-hydrogen) atoms. The van der Waals surface area contributed by atoms with E-state index in [0.717, 1.165) is 18.6 Å². The average Bonchev–Trinajstić information content (AvgIpc) is 2.35. The van der Waals surface area contributed by atoms with Crippen molar-refractivity contribution in [2.24, 2.45) is 0 Å². The number of carboxylic acids is 1. The molecule has 5 nitrogen and oxygen atoms in total. The second kappa shape index (κ2) is 6.31.